The van der Waals surface area contributed by atoms with Crippen molar-refractivity contribution in [3.63, 3.8) is 0 Å². The molecule has 1 aromatic rings. The molecular formula is C15H22ClNO2. The molecular weight excluding hydrogens is 262 g/mol. The molecule has 3 nitrogen and oxygen atoms in total. The van der Waals surface area contributed by atoms with Crippen LogP contribution >= 0.6 is 11.6 Å². The van der Waals surface area contributed by atoms with Crippen LogP contribution < -0.4 is 4.74 Å². The van der Waals surface area contributed by atoms with Gasteiger partial charge in [0.25, 0.3) is 0 Å². The van der Waals surface area contributed by atoms with E-state index in [1.165, 1.54) is 0 Å². The van der Waals surface area contributed by atoms with Gasteiger partial charge in [0.2, 0.25) is 0 Å². The van der Waals surface area contributed by atoms with E-state index in [1.54, 1.807) is 0 Å². The van der Waals surface area contributed by atoms with Crippen LogP contribution in [0, 0.1) is 13.8 Å². The number of hydrogen-bond acceptors (Lipinski definition) is 3. The topological polar surface area (TPSA) is 21.7 Å². The number of morpholine rings is 1. The number of halogens is 1. The second-order valence-electron chi connectivity index (χ2n) is 5.02. The van der Waals surface area contributed by atoms with Crippen LogP contribution in [0.15, 0.2) is 12.1 Å². The van der Waals surface area contributed by atoms with E-state index in [1.807, 2.05) is 26.0 Å². The smallest absolute Gasteiger partial charge is 0.125 e. The van der Waals surface area contributed by atoms with Gasteiger partial charge in [0.1, 0.15) is 5.75 Å². The number of aryl methyl sites for hydroxylation is 2. The Morgan fingerprint density at radius 2 is 1.84 bits per heavy atom. The third kappa shape index (κ3) is 4.37. The van der Waals surface area contributed by atoms with Gasteiger partial charge in [-0.05, 0) is 43.5 Å². The zero-order valence-electron chi connectivity index (χ0n) is 11.7. The van der Waals surface area contributed by atoms with Crippen LogP contribution in [0.1, 0.15) is 17.5 Å². The number of hydrogen-bond donors (Lipinski definition) is 0. The zero-order chi connectivity index (χ0) is 13.7. The lowest BCUT2D eigenvalue weighted by Crippen LogP contribution is -2.37. The van der Waals surface area contributed by atoms with E-state index in [4.69, 9.17) is 21.1 Å². The van der Waals surface area contributed by atoms with Crippen molar-refractivity contribution >= 4 is 11.6 Å². The molecule has 0 amide bonds. The van der Waals surface area contributed by atoms with E-state index in [2.05, 4.69) is 4.90 Å². The maximum Gasteiger partial charge on any atom is 0.125 e. The van der Waals surface area contributed by atoms with Gasteiger partial charge in [-0.2, -0.15) is 0 Å². The van der Waals surface area contributed by atoms with E-state index >= 15 is 0 Å². The van der Waals surface area contributed by atoms with Crippen LogP contribution in [0.4, 0.5) is 0 Å². The van der Waals surface area contributed by atoms with Gasteiger partial charge in [0.15, 0.2) is 0 Å². The van der Waals surface area contributed by atoms with Crippen molar-refractivity contribution < 1.29 is 9.47 Å². The van der Waals surface area contributed by atoms with Crippen LogP contribution in [0.2, 0.25) is 5.02 Å². The Morgan fingerprint density at radius 3 is 2.47 bits per heavy atom. The average molecular weight is 284 g/mol. The van der Waals surface area contributed by atoms with E-state index in [0.29, 0.717) is 0 Å². The maximum absolute atomic E-state index is 6.01. The lowest BCUT2D eigenvalue weighted by atomic mass is 10.1. The highest BCUT2D eigenvalue weighted by atomic mass is 35.5. The molecule has 0 N–H and O–H groups in total. The Morgan fingerprint density at radius 1 is 1.21 bits per heavy atom. The van der Waals surface area contributed by atoms with E-state index < -0.39 is 0 Å². The quantitative estimate of drug-likeness (QED) is 0.775. The molecule has 0 radical (unpaired) electrons. The van der Waals surface area contributed by atoms with Gasteiger partial charge in [-0.1, -0.05) is 11.6 Å². The highest BCUT2D eigenvalue weighted by Gasteiger charge is 2.10. The Labute approximate surface area is 120 Å². The largest absolute Gasteiger partial charge is 0.493 e. The molecule has 0 spiro atoms. The highest BCUT2D eigenvalue weighted by molar-refractivity contribution is 6.30. The van der Waals surface area contributed by atoms with Crippen molar-refractivity contribution in [2.75, 3.05) is 39.5 Å². The number of benzene rings is 1. The lowest BCUT2D eigenvalue weighted by Gasteiger charge is -2.26. The molecule has 0 aliphatic carbocycles. The van der Waals surface area contributed by atoms with Crippen molar-refractivity contribution in [3.05, 3.63) is 28.3 Å². The van der Waals surface area contributed by atoms with Crippen LogP contribution in [-0.2, 0) is 4.74 Å². The predicted octanol–water partition coefficient (Wildman–Crippen LogP) is 3.06. The minimum atomic E-state index is 0.751. The number of rotatable bonds is 5. The Bertz CT molecular complexity index is 394. The summed E-state index contributed by atoms with van der Waals surface area (Å²) in [5.41, 5.74) is 2.22. The van der Waals surface area contributed by atoms with Gasteiger partial charge in [-0.15, -0.1) is 0 Å². The number of nitrogens with zero attached hydrogens (tertiary/aromatic N) is 1. The van der Waals surface area contributed by atoms with E-state index in [0.717, 1.165) is 67.8 Å². The van der Waals surface area contributed by atoms with Crippen molar-refractivity contribution in [2.45, 2.75) is 20.3 Å². The van der Waals surface area contributed by atoms with E-state index in [-0.39, 0.29) is 0 Å². The second kappa shape index (κ2) is 7.13. The molecule has 1 fully saturated rings. The molecule has 0 saturated carbocycles. The van der Waals surface area contributed by atoms with Gasteiger partial charge in [-0.25, -0.2) is 0 Å². The Hall–Kier alpha value is -0.770. The first-order valence-corrected chi connectivity index (χ1v) is 7.24. The average Bonchev–Trinajstić information content (AvgIpc) is 2.38. The molecule has 4 heteroatoms. The minimum absolute atomic E-state index is 0.751. The minimum Gasteiger partial charge on any atom is -0.493 e. The first-order valence-electron chi connectivity index (χ1n) is 6.86. The summed E-state index contributed by atoms with van der Waals surface area (Å²) in [6.07, 6.45) is 1.04. The summed E-state index contributed by atoms with van der Waals surface area (Å²) in [6.45, 7) is 9.70. The summed E-state index contributed by atoms with van der Waals surface area (Å²) in [4.78, 5) is 2.43. The maximum atomic E-state index is 6.01. The summed E-state index contributed by atoms with van der Waals surface area (Å²) in [6, 6.07) is 3.90. The van der Waals surface area contributed by atoms with Crippen molar-refractivity contribution in [1.29, 1.82) is 0 Å². The van der Waals surface area contributed by atoms with Gasteiger partial charge >= 0.3 is 0 Å². The first-order chi connectivity index (χ1) is 9.16. The standard InChI is InChI=1S/C15H22ClNO2/c1-12-10-14(16)11-13(2)15(12)19-7-3-4-17-5-8-18-9-6-17/h10-11H,3-9H2,1-2H3. The fourth-order valence-corrected chi connectivity index (χ4v) is 2.74. The van der Waals surface area contributed by atoms with Crippen LogP contribution in [0.5, 0.6) is 5.75 Å². The Balaban J connectivity index is 1.76. The van der Waals surface area contributed by atoms with E-state index in [9.17, 15) is 0 Å². The molecule has 19 heavy (non-hydrogen) atoms. The molecule has 1 heterocycles. The molecule has 2 rings (SSSR count). The monoisotopic (exact) mass is 283 g/mol. The van der Waals surface area contributed by atoms with Crippen molar-refractivity contribution in [3.8, 4) is 5.75 Å². The first kappa shape index (κ1) is 14.6. The van der Waals surface area contributed by atoms with Crippen LogP contribution in [0.25, 0.3) is 0 Å². The highest BCUT2D eigenvalue weighted by Crippen LogP contribution is 2.27. The molecule has 0 bridgehead atoms. The summed E-state index contributed by atoms with van der Waals surface area (Å²) < 4.78 is 11.2. The molecule has 0 unspecified atom stereocenters. The van der Waals surface area contributed by atoms with Gasteiger partial charge in [0.05, 0.1) is 19.8 Å². The molecule has 0 aromatic heterocycles. The van der Waals surface area contributed by atoms with Gasteiger partial charge in [-0.3, -0.25) is 4.90 Å². The SMILES string of the molecule is Cc1cc(Cl)cc(C)c1OCCCN1CCOCC1. The molecule has 106 valence electrons. The fourth-order valence-electron chi connectivity index (χ4n) is 2.41. The molecule has 1 saturated heterocycles. The molecule has 1 aliphatic rings. The summed E-state index contributed by atoms with van der Waals surface area (Å²) in [5, 5.41) is 0.774. The molecule has 1 aliphatic heterocycles. The summed E-state index contributed by atoms with van der Waals surface area (Å²) >= 11 is 6.01. The lowest BCUT2D eigenvalue weighted by molar-refractivity contribution is 0.0357. The fraction of sp³-hybridized carbons (Fsp3) is 0.600. The normalized spacial score (nSPS) is 16.6. The third-order valence-corrected chi connectivity index (χ3v) is 3.61. The molecule has 1 aromatic carbocycles. The third-order valence-electron chi connectivity index (χ3n) is 3.39. The molecule has 0 atom stereocenters. The summed E-state index contributed by atoms with van der Waals surface area (Å²) in [5.74, 6) is 0.978. The number of ether oxygens (including phenoxy) is 2. The Kier molecular flexibility index (Phi) is 5.49. The van der Waals surface area contributed by atoms with Crippen molar-refractivity contribution in [1.82, 2.24) is 4.90 Å². The predicted molar refractivity (Wildman–Crippen MR) is 78.3 cm³/mol. The zero-order valence-corrected chi connectivity index (χ0v) is 12.5. The second-order valence-corrected chi connectivity index (χ2v) is 5.46. The van der Waals surface area contributed by atoms with Crippen LogP contribution in [-0.4, -0.2) is 44.4 Å². The van der Waals surface area contributed by atoms with Gasteiger partial charge < -0.3 is 9.47 Å². The van der Waals surface area contributed by atoms with Crippen molar-refractivity contribution in [2.24, 2.45) is 0 Å². The van der Waals surface area contributed by atoms with Gasteiger partial charge in [0, 0.05) is 24.7 Å². The van der Waals surface area contributed by atoms with Crippen LogP contribution in [0.3, 0.4) is 0 Å². The summed E-state index contributed by atoms with van der Waals surface area (Å²) in [7, 11) is 0.